The third kappa shape index (κ3) is 6.32. The van der Waals surface area contributed by atoms with E-state index in [9.17, 15) is 18.0 Å². The van der Waals surface area contributed by atoms with Crippen molar-refractivity contribution in [2.24, 2.45) is 0 Å². The summed E-state index contributed by atoms with van der Waals surface area (Å²) in [6, 6.07) is 13.0. The number of anilines is 1. The second kappa shape index (κ2) is 9.56. The highest BCUT2D eigenvalue weighted by Gasteiger charge is 2.27. The van der Waals surface area contributed by atoms with Gasteiger partial charge >= 0.3 is 0 Å². The Morgan fingerprint density at radius 2 is 1.72 bits per heavy atom. The summed E-state index contributed by atoms with van der Waals surface area (Å²) < 4.78 is 28.5. The van der Waals surface area contributed by atoms with Crippen LogP contribution in [0.4, 0.5) is 5.69 Å². The minimum Gasteiger partial charge on any atom is -0.496 e. The van der Waals surface area contributed by atoms with Crippen molar-refractivity contribution < 1.29 is 22.7 Å². The predicted octanol–water partition coefficient (Wildman–Crippen LogP) is 2.20. The fourth-order valence-corrected chi connectivity index (χ4v) is 3.45. The van der Waals surface area contributed by atoms with Gasteiger partial charge in [0.15, 0.2) is 0 Å². The van der Waals surface area contributed by atoms with Crippen LogP contribution in [0, 0.1) is 6.92 Å². The number of hydrogen-bond acceptors (Lipinski definition) is 5. The summed E-state index contributed by atoms with van der Waals surface area (Å²) >= 11 is 0. The van der Waals surface area contributed by atoms with Gasteiger partial charge < -0.3 is 15.0 Å². The van der Waals surface area contributed by atoms with E-state index in [1.54, 1.807) is 43.4 Å². The highest BCUT2D eigenvalue weighted by Crippen LogP contribution is 2.19. The Morgan fingerprint density at radius 3 is 2.31 bits per heavy atom. The Hall–Kier alpha value is -2.87. The summed E-state index contributed by atoms with van der Waals surface area (Å²) in [5.41, 5.74) is 1.97. The summed E-state index contributed by atoms with van der Waals surface area (Å²) in [6.07, 6.45) is 1.06. The van der Waals surface area contributed by atoms with Gasteiger partial charge in [-0.2, -0.15) is 0 Å². The normalized spacial score (nSPS) is 12.1. The van der Waals surface area contributed by atoms with Crippen LogP contribution in [0.5, 0.6) is 5.75 Å². The van der Waals surface area contributed by atoms with Crippen LogP contribution in [0.1, 0.15) is 22.3 Å². The van der Waals surface area contributed by atoms with E-state index < -0.39 is 27.7 Å². The fraction of sp³-hybridized carbons (Fsp3) is 0.333. The molecule has 2 aromatic rings. The molecule has 0 aliphatic heterocycles. The zero-order chi connectivity index (χ0) is 21.6. The van der Waals surface area contributed by atoms with E-state index in [-0.39, 0.29) is 17.7 Å². The Balaban J connectivity index is 2.26. The number of carbonyl (C=O) groups is 2. The molecule has 7 nitrogen and oxygen atoms in total. The van der Waals surface area contributed by atoms with Gasteiger partial charge in [0.25, 0.3) is 5.91 Å². The van der Waals surface area contributed by atoms with Crippen LogP contribution in [0.25, 0.3) is 0 Å². The molecule has 2 rings (SSSR count). The molecule has 29 heavy (non-hydrogen) atoms. The maximum absolute atomic E-state index is 13.1. The lowest BCUT2D eigenvalue weighted by molar-refractivity contribution is -0.120. The van der Waals surface area contributed by atoms with Gasteiger partial charge in [0.05, 0.1) is 18.4 Å². The summed E-state index contributed by atoms with van der Waals surface area (Å²) in [5, 5.41) is 2.67. The number of aryl methyl sites for hydroxylation is 1. The molecule has 1 N–H and O–H groups in total. The molecule has 0 bridgehead atoms. The van der Waals surface area contributed by atoms with Crippen molar-refractivity contribution in [3.8, 4) is 5.75 Å². The summed E-state index contributed by atoms with van der Waals surface area (Å²) in [5.74, 6) is -0.768. The van der Waals surface area contributed by atoms with Gasteiger partial charge in [0, 0.05) is 19.0 Å². The monoisotopic (exact) mass is 418 g/mol. The van der Waals surface area contributed by atoms with Gasteiger partial charge in [-0.05, 0) is 37.6 Å². The number of carbonyl (C=O) groups excluding carboxylic acids is 2. The molecule has 0 saturated heterocycles. The first-order valence-corrected chi connectivity index (χ1v) is 11.1. The van der Waals surface area contributed by atoms with Crippen LogP contribution in [-0.4, -0.2) is 52.4 Å². The molecule has 2 amide bonds. The average Bonchev–Trinajstić information content (AvgIpc) is 2.69. The molecule has 2 aromatic carbocycles. The molecular formula is C21H26N2O5S. The highest BCUT2D eigenvalue weighted by atomic mass is 32.2. The molecule has 1 unspecified atom stereocenters. The van der Waals surface area contributed by atoms with Crippen LogP contribution < -0.4 is 15.0 Å². The molecule has 8 heteroatoms. The van der Waals surface area contributed by atoms with E-state index in [2.05, 4.69) is 5.32 Å². The lowest BCUT2D eigenvalue weighted by atomic mass is 10.1. The van der Waals surface area contributed by atoms with Crippen molar-refractivity contribution in [2.45, 2.75) is 19.4 Å². The van der Waals surface area contributed by atoms with E-state index in [1.165, 1.54) is 12.0 Å². The zero-order valence-electron chi connectivity index (χ0n) is 17.0. The highest BCUT2D eigenvalue weighted by molar-refractivity contribution is 7.90. The number of likely N-dealkylation sites (N-methyl/N-ethyl adjacent to an activating group) is 1. The molecule has 0 aliphatic rings. The molecule has 0 heterocycles. The van der Waals surface area contributed by atoms with Gasteiger partial charge in [-0.1, -0.05) is 29.8 Å². The number of ether oxygens (including phenoxy) is 1. The van der Waals surface area contributed by atoms with Gasteiger partial charge in [-0.25, -0.2) is 8.42 Å². The number of sulfone groups is 1. The Kier molecular flexibility index (Phi) is 7.39. The van der Waals surface area contributed by atoms with Gasteiger partial charge in [-0.15, -0.1) is 0 Å². The largest absolute Gasteiger partial charge is 0.496 e. The van der Waals surface area contributed by atoms with Gasteiger partial charge in [0.1, 0.15) is 21.6 Å². The number of rotatable bonds is 8. The quantitative estimate of drug-likeness (QED) is 0.709. The lowest BCUT2D eigenvalue weighted by Crippen LogP contribution is -2.48. The Bertz CT molecular complexity index is 971. The molecule has 0 spiro atoms. The summed E-state index contributed by atoms with van der Waals surface area (Å²) in [6.45, 7) is 1.94. The summed E-state index contributed by atoms with van der Waals surface area (Å²) in [7, 11) is -0.268. The average molecular weight is 419 g/mol. The first-order chi connectivity index (χ1) is 13.6. The molecule has 0 saturated carbocycles. The van der Waals surface area contributed by atoms with Crippen molar-refractivity contribution in [2.75, 3.05) is 31.1 Å². The van der Waals surface area contributed by atoms with Crippen molar-refractivity contribution in [1.82, 2.24) is 5.32 Å². The van der Waals surface area contributed by atoms with Crippen LogP contribution in [0.15, 0.2) is 48.5 Å². The smallest absolute Gasteiger partial charge is 0.255 e. The Labute approximate surface area is 171 Å². The van der Waals surface area contributed by atoms with Crippen LogP contribution >= 0.6 is 0 Å². The Morgan fingerprint density at radius 1 is 1.10 bits per heavy atom. The molecule has 0 fully saturated rings. The fourth-order valence-electron chi connectivity index (χ4n) is 2.79. The molecule has 0 radical (unpaired) electrons. The van der Waals surface area contributed by atoms with Crippen LogP contribution in [0.3, 0.4) is 0 Å². The van der Waals surface area contributed by atoms with E-state index >= 15 is 0 Å². The van der Waals surface area contributed by atoms with Crippen molar-refractivity contribution in [1.29, 1.82) is 0 Å². The van der Waals surface area contributed by atoms with Crippen molar-refractivity contribution >= 4 is 27.3 Å². The topological polar surface area (TPSA) is 92.8 Å². The second-order valence-electron chi connectivity index (χ2n) is 6.88. The molecule has 0 aromatic heterocycles. The third-order valence-electron chi connectivity index (χ3n) is 4.48. The molecular weight excluding hydrogens is 392 g/mol. The minimum absolute atomic E-state index is 0.0330. The van der Waals surface area contributed by atoms with E-state index in [0.717, 1.165) is 11.8 Å². The number of benzene rings is 2. The van der Waals surface area contributed by atoms with E-state index in [0.29, 0.717) is 11.4 Å². The zero-order valence-corrected chi connectivity index (χ0v) is 17.8. The van der Waals surface area contributed by atoms with Crippen molar-refractivity contribution in [3.05, 3.63) is 59.7 Å². The minimum atomic E-state index is -3.31. The number of para-hydroxylation sites is 1. The number of nitrogens with one attached hydrogen (secondary N) is 1. The SMILES string of the molecule is COc1ccccc1C(=O)NC(CCS(C)(=O)=O)C(=O)N(C)c1ccc(C)cc1. The lowest BCUT2D eigenvalue weighted by Gasteiger charge is -2.25. The number of methoxy groups -OCH3 is 1. The van der Waals surface area contributed by atoms with Gasteiger partial charge in [-0.3, -0.25) is 9.59 Å². The standard InChI is InChI=1S/C21H26N2O5S/c1-15-9-11-16(12-10-15)23(2)21(25)18(13-14-29(4,26)27)22-20(24)17-7-5-6-8-19(17)28-3/h5-12,18H,13-14H2,1-4H3,(H,22,24). The van der Waals surface area contributed by atoms with E-state index in [1.807, 2.05) is 19.1 Å². The predicted molar refractivity (Wildman–Crippen MR) is 113 cm³/mol. The van der Waals surface area contributed by atoms with Crippen LogP contribution in [0.2, 0.25) is 0 Å². The van der Waals surface area contributed by atoms with Crippen molar-refractivity contribution in [3.63, 3.8) is 0 Å². The van der Waals surface area contributed by atoms with Gasteiger partial charge in [0.2, 0.25) is 5.91 Å². The van der Waals surface area contributed by atoms with E-state index in [4.69, 9.17) is 4.74 Å². The molecule has 156 valence electrons. The number of amides is 2. The maximum atomic E-state index is 13.1. The second-order valence-corrected chi connectivity index (χ2v) is 9.14. The van der Waals surface area contributed by atoms with Crippen LogP contribution in [-0.2, 0) is 14.6 Å². The third-order valence-corrected chi connectivity index (χ3v) is 5.46. The summed E-state index contributed by atoms with van der Waals surface area (Å²) in [4.78, 5) is 27.2. The first-order valence-electron chi connectivity index (χ1n) is 9.08. The maximum Gasteiger partial charge on any atom is 0.255 e. The number of nitrogens with zero attached hydrogens (tertiary/aromatic N) is 1. The molecule has 0 aliphatic carbocycles. The first kappa shape index (κ1) is 22.4. The molecule has 1 atom stereocenters. The number of hydrogen-bond donors (Lipinski definition) is 1.